The minimum Gasteiger partial charge on any atom is -0.454 e. The van der Waals surface area contributed by atoms with Crippen molar-refractivity contribution in [3.63, 3.8) is 0 Å². The van der Waals surface area contributed by atoms with E-state index in [-0.39, 0.29) is 25.0 Å². The van der Waals surface area contributed by atoms with Gasteiger partial charge in [0.25, 0.3) is 5.91 Å². The minimum absolute atomic E-state index is 0.155. The third-order valence-electron chi connectivity index (χ3n) is 3.97. The zero-order chi connectivity index (χ0) is 18.7. The predicted molar refractivity (Wildman–Crippen MR) is 99.0 cm³/mol. The van der Waals surface area contributed by atoms with E-state index in [9.17, 15) is 9.59 Å². The van der Waals surface area contributed by atoms with Crippen LogP contribution in [0.1, 0.15) is 22.3 Å². The topological polar surface area (TPSA) is 67.9 Å². The van der Waals surface area contributed by atoms with Crippen LogP contribution in [0.4, 0.5) is 5.69 Å². The number of anilines is 1. The third-order valence-corrected chi connectivity index (χ3v) is 4.30. The molecule has 0 radical (unpaired) electrons. The van der Waals surface area contributed by atoms with Gasteiger partial charge < -0.3 is 19.7 Å². The largest absolute Gasteiger partial charge is 0.454 e. The van der Waals surface area contributed by atoms with Crippen molar-refractivity contribution >= 4 is 29.1 Å². The number of ether oxygens (including phenoxy) is 2. The molecule has 0 bridgehead atoms. The number of nitrogens with zero attached hydrogens (tertiary/aromatic N) is 1. The van der Waals surface area contributed by atoms with Crippen LogP contribution in [0, 0.1) is 0 Å². The number of carbonyl (C=O) groups excluding carboxylic acids is 2. The summed E-state index contributed by atoms with van der Waals surface area (Å²) in [5.74, 6) is 1.07. The van der Waals surface area contributed by atoms with Gasteiger partial charge in [0.15, 0.2) is 11.5 Å². The zero-order valence-electron chi connectivity index (χ0n) is 14.5. The first-order valence-electron chi connectivity index (χ1n) is 8.13. The lowest BCUT2D eigenvalue weighted by Gasteiger charge is -2.13. The fourth-order valence-electron chi connectivity index (χ4n) is 2.58. The molecule has 0 atom stereocenters. The molecule has 1 aliphatic heterocycles. The highest BCUT2D eigenvalue weighted by Crippen LogP contribution is 2.32. The Morgan fingerprint density at radius 3 is 2.65 bits per heavy atom. The molecule has 6 nitrogen and oxygen atoms in total. The van der Waals surface area contributed by atoms with E-state index < -0.39 is 0 Å². The maximum Gasteiger partial charge on any atom is 0.253 e. The SMILES string of the molecule is CN(C)C(=O)c1ccc(Cl)c(NC(=O)CCc2ccc3c(c2)OCO3)c1. The summed E-state index contributed by atoms with van der Waals surface area (Å²) in [7, 11) is 3.33. The van der Waals surface area contributed by atoms with Gasteiger partial charge >= 0.3 is 0 Å². The van der Waals surface area contributed by atoms with Crippen molar-refractivity contribution < 1.29 is 19.1 Å². The predicted octanol–water partition coefficient (Wildman–Crippen LogP) is 3.34. The minimum atomic E-state index is -0.181. The second-order valence-electron chi connectivity index (χ2n) is 6.13. The number of rotatable bonds is 5. The maximum atomic E-state index is 12.3. The van der Waals surface area contributed by atoms with Gasteiger partial charge in [-0.05, 0) is 42.3 Å². The Morgan fingerprint density at radius 1 is 1.12 bits per heavy atom. The lowest BCUT2D eigenvalue weighted by Crippen LogP contribution is -2.22. The van der Waals surface area contributed by atoms with E-state index in [1.54, 1.807) is 32.3 Å². The summed E-state index contributed by atoms with van der Waals surface area (Å²) in [5.41, 5.74) is 1.87. The molecule has 0 aromatic heterocycles. The molecular weight excluding hydrogens is 356 g/mol. The van der Waals surface area contributed by atoms with Crippen molar-refractivity contribution in [3.05, 3.63) is 52.5 Å². The van der Waals surface area contributed by atoms with Crippen LogP contribution in [0.2, 0.25) is 5.02 Å². The van der Waals surface area contributed by atoms with Crippen LogP contribution in [0.3, 0.4) is 0 Å². The first kappa shape index (κ1) is 18.1. The van der Waals surface area contributed by atoms with Gasteiger partial charge in [0.05, 0.1) is 10.7 Å². The normalized spacial score (nSPS) is 12.0. The van der Waals surface area contributed by atoms with Crippen molar-refractivity contribution in [1.29, 1.82) is 0 Å². The van der Waals surface area contributed by atoms with E-state index in [1.165, 1.54) is 4.90 Å². The van der Waals surface area contributed by atoms with Crippen LogP contribution in [0.5, 0.6) is 11.5 Å². The van der Waals surface area contributed by atoms with Crippen LogP contribution in [0.15, 0.2) is 36.4 Å². The summed E-state index contributed by atoms with van der Waals surface area (Å²) in [5, 5.41) is 3.16. The molecule has 3 rings (SSSR count). The van der Waals surface area contributed by atoms with Crippen LogP contribution in [-0.4, -0.2) is 37.6 Å². The number of amides is 2. The molecular formula is C19H19ClN2O4. The molecule has 0 spiro atoms. The lowest BCUT2D eigenvalue weighted by atomic mass is 10.1. The van der Waals surface area contributed by atoms with Gasteiger partial charge in [0, 0.05) is 26.1 Å². The Hall–Kier alpha value is -2.73. The van der Waals surface area contributed by atoms with E-state index in [2.05, 4.69) is 5.32 Å². The summed E-state index contributed by atoms with van der Waals surface area (Å²) >= 11 is 6.14. The van der Waals surface area contributed by atoms with Crippen molar-refractivity contribution in [1.82, 2.24) is 4.90 Å². The molecule has 0 fully saturated rings. The zero-order valence-corrected chi connectivity index (χ0v) is 15.3. The van der Waals surface area contributed by atoms with Gasteiger partial charge in [0.2, 0.25) is 12.7 Å². The number of carbonyl (C=O) groups is 2. The highest BCUT2D eigenvalue weighted by atomic mass is 35.5. The van der Waals surface area contributed by atoms with Gasteiger partial charge in [-0.25, -0.2) is 0 Å². The standard InChI is InChI=1S/C19H19ClN2O4/c1-22(2)19(24)13-5-6-14(20)15(10-13)21-18(23)8-4-12-3-7-16-17(9-12)26-11-25-16/h3,5-7,9-10H,4,8,11H2,1-2H3,(H,21,23). The number of hydrogen-bond donors (Lipinski definition) is 1. The molecule has 1 heterocycles. The molecule has 2 aromatic carbocycles. The summed E-state index contributed by atoms with van der Waals surface area (Å²) in [6.45, 7) is 0.222. The summed E-state index contributed by atoms with van der Waals surface area (Å²) < 4.78 is 10.6. The number of fused-ring (bicyclic) bond motifs is 1. The Morgan fingerprint density at radius 2 is 1.88 bits per heavy atom. The molecule has 0 aliphatic carbocycles. The molecule has 1 aliphatic rings. The molecule has 7 heteroatoms. The summed E-state index contributed by atoms with van der Waals surface area (Å²) in [4.78, 5) is 25.8. The quantitative estimate of drug-likeness (QED) is 0.871. The fourth-order valence-corrected chi connectivity index (χ4v) is 2.74. The third kappa shape index (κ3) is 4.08. The lowest BCUT2D eigenvalue weighted by molar-refractivity contribution is -0.116. The first-order chi connectivity index (χ1) is 12.4. The van der Waals surface area contributed by atoms with Crippen LogP contribution < -0.4 is 14.8 Å². The van der Waals surface area contributed by atoms with Crippen LogP contribution >= 0.6 is 11.6 Å². The molecule has 0 saturated carbocycles. The average molecular weight is 375 g/mol. The highest BCUT2D eigenvalue weighted by molar-refractivity contribution is 6.33. The monoisotopic (exact) mass is 374 g/mol. The Kier molecular flexibility index (Phi) is 5.32. The number of halogens is 1. The van der Waals surface area contributed by atoms with Gasteiger partial charge in [-0.15, -0.1) is 0 Å². The number of nitrogens with one attached hydrogen (secondary N) is 1. The van der Waals surface area contributed by atoms with Crippen LogP contribution in [0.25, 0.3) is 0 Å². The van der Waals surface area contributed by atoms with Gasteiger partial charge in [0.1, 0.15) is 0 Å². The van der Waals surface area contributed by atoms with Crippen molar-refractivity contribution in [3.8, 4) is 11.5 Å². The van der Waals surface area contributed by atoms with E-state index in [4.69, 9.17) is 21.1 Å². The Balaban J connectivity index is 1.63. The smallest absolute Gasteiger partial charge is 0.253 e. The molecule has 2 aromatic rings. The molecule has 136 valence electrons. The van der Waals surface area contributed by atoms with Crippen molar-refractivity contribution in [2.45, 2.75) is 12.8 Å². The molecule has 0 unspecified atom stereocenters. The maximum absolute atomic E-state index is 12.3. The first-order valence-corrected chi connectivity index (χ1v) is 8.51. The average Bonchev–Trinajstić information content (AvgIpc) is 3.09. The fraction of sp³-hybridized carbons (Fsp3) is 0.263. The number of hydrogen-bond acceptors (Lipinski definition) is 4. The van der Waals surface area contributed by atoms with Crippen molar-refractivity contribution in [2.75, 3.05) is 26.2 Å². The molecule has 2 amide bonds. The second kappa shape index (κ2) is 7.66. The van der Waals surface area contributed by atoms with Crippen LogP contribution in [-0.2, 0) is 11.2 Å². The van der Waals surface area contributed by atoms with E-state index >= 15 is 0 Å². The highest BCUT2D eigenvalue weighted by Gasteiger charge is 2.15. The van der Waals surface area contributed by atoms with Gasteiger partial charge in [-0.2, -0.15) is 0 Å². The van der Waals surface area contributed by atoms with E-state index in [1.807, 2.05) is 18.2 Å². The molecule has 1 N–H and O–H groups in total. The molecule has 0 saturated heterocycles. The van der Waals surface area contributed by atoms with Gasteiger partial charge in [-0.3, -0.25) is 9.59 Å². The Bertz CT molecular complexity index is 851. The summed E-state index contributed by atoms with van der Waals surface area (Å²) in [6, 6.07) is 10.4. The summed E-state index contributed by atoms with van der Waals surface area (Å²) in [6.07, 6.45) is 0.832. The number of benzene rings is 2. The molecule has 26 heavy (non-hydrogen) atoms. The van der Waals surface area contributed by atoms with Gasteiger partial charge in [-0.1, -0.05) is 17.7 Å². The van der Waals surface area contributed by atoms with E-state index in [0.717, 1.165) is 5.56 Å². The Labute approximate surface area is 156 Å². The second-order valence-corrected chi connectivity index (χ2v) is 6.54. The number of aryl methyl sites for hydroxylation is 1. The van der Waals surface area contributed by atoms with Crippen molar-refractivity contribution in [2.24, 2.45) is 0 Å². The van der Waals surface area contributed by atoms with E-state index in [0.29, 0.717) is 34.2 Å².